The molecule has 4 aliphatic carbocycles. The number of nitrogens with zero attached hydrogens (tertiary/aromatic N) is 2. The van der Waals surface area contributed by atoms with Crippen LogP contribution in [0.1, 0.15) is 55.2 Å². The molecule has 2 aromatic carbocycles. The van der Waals surface area contributed by atoms with Crippen molar-refractivity contribution in [3.8, 4) is 0 Å². The Hall–Kier alpha value is -2.13. The van der Waals surface area contributed by atoms with Gasteiger partial charge in [-0.2, -0.15) is 0 Å². The first-order valence-corrected chi connectivity index (χ1v) is 13.2. The summed E-state index contributed by atoms with van der Waals surface area (Å²) in [6, 6.07) is 20.1. The first-order valence-electron chi connectivity index (χ1n) is 13.2. The molecule has 1 aliphatic heterocycles. The molecule has 2 aromatic rings. The quantitative estimate of drug-likeness (QED) is 0.634. The van der Waals surface area contributed by atoms with Crippen molar-refractivity contribution in [3.05, 3.63) is 71.3 Å². The molecule has 3 heteroatoms. The summed E-state index contributed by atoms with van der Waals surface area (Å²) < 4.78 is 0. The van der Waals surface area contributed by atoms with E-state index in [2.05, 4.69) is 71.3 Å². The topological polar surface area (TPSA) is 23.6 Å². The molecule has 0 spiro atoms. The van der Waals surface area contributed by atoms with Gasteiger partial charge in [0, 0.05) is 32.7 Å². The van der Waals surface area contributed by atoms with E-state index < -0.39 is 0 Å². The number of carbonyl (C=O) groups is 1. The van der Waals surface area contributed by atoms with Crippen LogP contribution in [0, 0.1) is 24.2 Å². The number of aryl methyl sites for hydroxylation is 1. The molecule has 0 radical (unpaired) electrons. The summed E-state index contributed by atoms with van der Waals surface area (Å²) in [5.74, 6) is 1.98. The summed E-state index contributed by atoms with van der Waals surface area (Å²) in [4.78, 5) is 18.9. The molecule has 4 bridgehead atoms. The van der Waals surface area contributed by atoms with Gasteiger partial charge >= 0.3 is 0 Å². The third-order valence-corrected chi connectivity index (χ3v) is 9.40. The third-order valence-electron chi connectivity index (χ3n) is 9.40. The maximum absolute atomic E-state index is 14.1. The molecule has 5 fully saturated rings. The summed E-state index contributed by atoms with van der Waals surface area (Å²) in [6.45, 7) is 7.12. The van der Waals surface area contributed by atoms with Crippen molar-refractivity contribution in [1.82, 2.24) is 9.80 Å². The standard InChI is InChI=1S/C30H38N2O/c1-23-7-9-27(10-8-23)29-18-25-17-26(19-29)21-30(20-25,22-29)28(33)32-15-13-31(14-16-32)12-11-24-5-3-2-4-6-24/h2-10,25-26H,11-22H2,1H3/t25-,26-,29?,30?/m1/s1. The zero-order valence-corrected chi connectivity index (χ0v) is 20.1. The van der Waals surface area contributed by atoms with Gasteiger partial charge in [-0.3, -0.25) is 9.69 Å². The second-order valence-electron chi connectivity index (χ2n) is 11.8. The highest BCUT2D eigenvalue weighted by atomic mass is 16.2. The fraction of sp³-hybridized carbons (Fsp3) is 0.567. The average Bonchev–Trinajstić information content (AvgIpc) is 2.83. The summed E-state index contributed by atoms with van der Waals surface area (Å²) >= 11 is 0. The fourth-order valence-electron chi connectivity index (χ4n) is 8.20. The zero-order valence-electron chi connectivity index (χ0n) is 20.1. The van der Waals surface area contributed by atoms with Gasteiger partial charge in [0.1, 0.15) is 0 Å². The van der Waals surface area contributed by atoms with Crippen molar-refractivity contribution in [2.75, 3.05) is 32.7 Å². The molecule has 33 heavy (non-hydrogen) atoms. The van der Waals surface area contributed by atoms with E-state index in [1.807, 2.05) is 0 Å². The predicted molar refractivity (Wildman–Crippen MR) is 133 cm³/mol. The van der Waals surface area contributed by atoms with Gasteiger partial charge in [-0.1, -0.05) is 60.2 Å². The fourth-order valence-corrected chi connectivity index (χ4v) is 8.20. The third kappa shape index (κ3) is 3.93. The summed E-state index contributed by atoms with van der Waals surface area (Å²) in [5, 5.41) is 0. The van der Waals surface area contributed by atoms with Gasteiger partial charge < -0.3 is 4.90 Å². The van der Waals surface area contributed by atoms with E-state index in [1.165, 1.54) is 36.0 Å². The molecule has 0 aromatic heterocycles. The number of piperazine rings is 1. The summed E-state index contributed by atoms with van der Waals surface area (Å²) in [5.41, 5.74) is 4.39. The molecular formula is C30H38N2O. The lowest BCUT2D eigenvalue weighted by Crippen LogP contribution is -2.61. The zero-order chi connectivity index (χ0) is 22.5. The van der Waals surface area contributed by atoms with Crippen LogP contribution in [0.2, 0.25) is 0 Å². The first-order chi connectivity index (χ1) is 16.0. The Balaban J connectivity index is 1.14. The largest absolute Gasteiger partial charge is 0.340 e. The molecule has 0 N–H and O–H groups in total. The van der Waals surface area contributed by atoms with Crippen LogP contribution >= 0.6 is 0 Å². The second-order valence-corrected chi connectivity index (χ2v) is 11.8. The Morgan fingerprint density at radius 2 is 1.55 bits per heavy atom. The maximum Gasteiger partial charge on any atom is 0.228 e. The van der Waals surface area contributed by atoms with Crippen LogP contribution in [-0.2, 0) is 16.6 Å². The Kier molecular flexibility index (Phi) is 5.36. The van der Waals surface area contributed by atoms with Crippen LogP contribution in [0.15, 0.2) is 54.6 Å². The van der Waals surface area contributed by atoms with Gasteiger partial charge in [-0.05, 0) is 80.2 Å². The highest BCUT2D eigenvalue weighted by Crippen LogP contribution is 2.66. The van der Waals surface area contributed by atoms with E-state index in [0.29, 0.717) is 5.91 Å². The lowest BCUT2D eigenvalue weighted by atomic mass is 9.42. The maximum atomic E-state index is 14.1. The van der Waals surface area contributed by atoms with E-state index in [9.17, 15) is 4.79 Å². The van der Waals surface area contributed by atoms with Crippen LogP contribution in [0.5, 0.6) is 0 Å². The Morgan fingerprint density at radius 3 is 2.21 bits per heavy atom. The molecule has 3 nitrogen and oxygen atoms in total. The van der Waals surface area contributed by atoms with Crippen molar-refractivity contribution in [1.29, 1.82) is 0 Å². The molecule has 174 valence electrons. The number of hydrogen-bond acceptors (Lipinski definition) is 2. The number of rotatable bonds is 5. The van der Waals surface area contributed by atoms with Gasteiger partial charge in [0.15, 0.2) is 0 Å². The SMILES string of the molecule is Cc1ccc(C23C[C@H]4C[C@@H](CC(C(=O)N5CCN(CCc6ccccc6)CC5)(C4)C2)C3)cc1. The number of carbonyl (C=O) groups excluding carboxylic acids is 1. The van der Waals surface area contributed by atoms with E-state index in [1.54, 1.807) is 0 Å². The molecule has 1 amide bonds. The van der Waals surface area contributed by atoms with Crippen molar-refractivity contribution in [3.63, 3.8) is 0 Å². The van der Waals surface area contributed by atoms with Crippen molar-refractivity contribution in [2.45, 2.75) is 57.3 Å². The second kappa shape index (κ2) is 8.27. The molecule has 1 saturated heterocycles. The minimum absolute atomic E-state index is 0.0961. The normalized spacial score (nSPS) is 33.4. The van der Waals surface area contributed by atoms with Crippen LogP contribution in [-0.4, -0.2) is 48.4 Å². The molecule has 0 unspecified atom stereocenters. The van der Waals surface area contributed by atoms with Crippen molar-refractivity contribution < 1.29 is 4.79 Å². The summed E-state index contributed by atoms with van der Waals surface area (Å²) in [6.07, 6.45) is 8.43. The Labute approximate surface area is 199 Å². The molecule has 5 aliphatic rings. The van der Waals surface area contributed by atoms with Crippen molar-refractivity contribution >= 4 is 5.91 Å². The number of hydrogen-bond donors (Lipinski definition) is 0. The Morgan fingerprint density at radius 1 is 0.879 bits per heavy atom. The smallest absolute Gasteiger partial charge is 0.228 e. The van der Waals surface area contributed by atoms with Crippen LogP contribution in [0.25, 0.3) is 0 Å². The van der Waals surface area contributed by atoms with Gasteiger partial charge in [-0.25, -0.2) is 0 Å². The monoisotopic (exact) mass is 442 g/mol. The van der Waals surface area contributed by atoms with Gasteiger partial charge in [0.25, 0.3) is 0 Å². The highest BCUT2D eigenvalue weighted by Gasteiger charge is 2.61. The van der Waals surface area contributed by atoms with E-state index >= 15 is 0 Å². The van der Waals surface area contributed by atoms with Crippen LogP contribution in [0.3, 0.4) is 0 Å². The number of benzene rings is 2. The summed E-state index contributed by atoms with van der Waals surface area (Å²) in [7, 11) is 0. The van der Waals surface area contributed by atoms with Crippen molar-refractivity contribution in [2.24, 2.45) is 17.3 Å². The minimum atomic E-state index is -0.0961. The Bertz CT molecular complexity index is 976. The minimum Gasteiger partial charge on any atom is -0.340 e. The first kappa shape index (κ1) is 21.4. The lowest BCUT2D eigenvalue weighted by molar-refractivity contribution is -0.162. The van der Waals surface area contributed by atoms with Gasteiger partial charge in [-0.15, -0.1) is 0 Å². The average molecular weight is 443 g/mol. The molecule has 1 heterocycles. The van der Waals surface area contributed by atoms with E-state index in [0.717, 1.165) is 70.2 Å². The molecule has 4 saturated carbocycles. The molecular weight excluding hydrogens is 404 g/mol. The lowest BCUT2D eigenvalue weighted by Gasteiger charge is -2.62. The van der Waals surface area contributed by atoms with E-state index in [-0.39, 0.29) is 10.8 Å². The molecule has 7 rings (SSSR count). The van der Waals surface area contributed by atoms with E-state index in [4.69, 9.17) is 0 Å². The number of amides is 1. The van der Waals surface area contributed by atoms with Crippen LogP contribution in [0.4, 0.5) is 0 Å². The van der Waals surface area contributed by atoms with Crippen LogP contribution < -0.4 is 0 Å². The highest BCUT2D eigenvalue weighted by molar-refractivity contribution is 5.84. The predicted octanol–water partition coefficient (Wildman–Crippen LogP) is 5.22. The van der Waals surface area contributed by atoms with Gasteiger partial charge in [0.05, 0.1) is 5.41 Å². The van der Waals surface area contributed by atoms with Gasteiger partial charge in [0.2, 0.25) is 5.91 Å². The molecule has 2 atom stereocenters.